The van der Waals surface area contributed by atoms with Crippen LogP contribution in [0.3, 0.4) is 0 Å². The molecular formula is C16H28ClN3. The summed E-state index contributed by atoms with van der Waals surface area (Å²) in [5, 5.41) is 0. The average Bonchev–Trinajstić information content (AvgIpc) is 2.35. The van der Waals surface area contributed by atoms with Crippen LogP contribution in [0.4, 0.5) is 0 Å². The number of nitrogens with zero attached hydrogens (tertiary/aromatic N) is 2. The lowest BCUT2D eigenvalue weighted by molar-refractivity contribution is 0.605. The zero-order valence-corrected chi connectivity index (χ0v) is 14.1. The van der Waals surface area contributed by atoms with E-state index in [1.54, 1.807) is 0 Å². The molecule has 0 aliphatic carbocycles. The highest BCUT2D eigenvalue weighted by atomic mass is 35.5. The largest absolute Gasteiger partial charge is 0.370 e. The van der Waals surface area contributed by atoms with Crippen LogP contribution in [0.25, 0.3) is 0 Å². The second-order valence-electron chi connectivity index (χ2n) is 5.83. The van der Waals surface area contributed by atoms with E-state index in [9.17, 15) is 0 Å². The summed E-state index contributed by atoms with van der Waals surface area (Å²) in [6.45, 7) is 7.40. The second kappa shape index (κ2) is 8.85. The van der Waals surface area contributed by atoms with Crippen molar-refractivity contribution in [3.05, 3.63) is 35.4 Å². The highest BCUT2D eigenvalue weighted by Gasteiger charge is 2.06. The molecule has 0 amide bonds. The number of guanidine groups is 1. The molecule has 0 spiro atoms. The van der Waals surface area contributed by atoms with Gasteiger partial charge in [-0.15, -0.1) is 12.4 Å². The minimum atomic E-state index is 0. The van der Waals surface area contributed by atoms with Crippen molar-refractivity contribution in [2.24, 2.45) is 16.6 Å². The first-order valence-electron chi connectivity index (χ1n) is 6.96. The van der Waals surface area contributed by atoms with E-state index < -0.39 is 0 Å². The molecule has 0 heterocycles. The van der Waals surface area contributed by atoms with Crippen molar-refractivity contribution in [1.82, 2.24) is 4.90 Å². The van der Waals surface area contributed by atoms with E-state index in [2.05, 4.69) is 50.0 Å². The van der Waals surface area contributed by atoms with Gasteiger partial charge >= 0.3 is 0 Å². The lowest BCUT2D eigenvalue weighted by atomic mass is 9.97. The summed E-state index contributed by atoms with van der Waals surface area (Å²) in [6, 6.07) is 8.88. The predicted molar refractivity (Wildman–Crippen MR) is 90.8 cm³/mol. The van der Waals surface area contributed by atoms with E-state index in [4.69, 9.17) is 5.73 Å². The van der Waals surface area contributed by atoms with Gasteiger partial charge in [-0.25, -0.2) is 0 Å². The van der Waals surface area contributed by atoms with Crippen LogP contribution in [-0.2, 0) is 6.42 Å². The van der Waals surface area contributed by atoms with Crippen LogP contribution in [0.1, 0.15) is 37.8 Å². The number of benzene rings is 1. The SMILES string of the molecule is CC(C)Cc1ccc(C(C)CN=C(N)N(C)C)cc1.Cl. The van der Waals surface area contributed by atoms with Crippen LogP contribution in [0, 0.1) is 5.92 Å². The van der Waals surface area contributed by atoms with Gasteiger partial charge in [-0.05, 0) is 23.5 Å². The van der Waals surface area contributed by atoms with Crippen LogP contribution >= 0.6 is 12.4 Å². The molecular weight excluding hydrogens is 270 g/mol. The van der Waals surface area contributed by atoms with Crippen molar-refractivity contribution in [2.75, 3.05) is 20.6 Å². The highest BCUT2D eigenvalue weighted by molar-refractivity contribution is 5.85. The molecule has 1 rings (SSSR count). The lowest BCUT2D eigenvalue weighted by Crippen LogP contribution is -2.30. The summed E-state index contributed by atoms with van der Waals surface area (Å²) in [7, 11) is 3.81. The molecule has 0 saturated carbocycles. The third-order valence-corrected chi connectivity index (χ3v) is 3.18. The van der Waals surface area contributed by atoms with Crippen molar-refractivity contribution in [3.8, 4) is 0 Å². The van der Waals surface area contributed by atoms with Crippen LogP contribution in [-0.4, -0.2) is 31.5 Å². The molecule has 0 radical (unpaired) electrons. The highest BCUT2D eigenvalue weighted by Crippen LogP contribution is 2.17. The van der Waals surface area contributed by atoms with Crippen LogP contribution in [0.5, 0.6) is 0 Å². The number of rotatable bonds is 5. The minimum absolute atomic E-state index is 0. The molecule has 0 saturated heterocycles. The maximum absolute atomic E-state index is 5.80. The molecule has 114 valence electrons. The summed E-state index contributed by atoms with van der Waals surface area (Å²) >= 11 is 0. The molecule has 0 aliphatic heterocycles. The van der Waals surface area contributed by atoms with Crippen molar-refractivity contribution >= 4 is 18.4 Å². The molecule has 1 aromatic carbocycles. The van der Waals surface area contributed by atoms with Crippen LogP contribution < -0.4 is 5.73 Å². The topological polar surface area (TPSA) is 41.6 Å². The zero-order chi connectivity index (χ0) is 14.4. The van der Waals surface area contributed by atoms with Gasteiger partial charge in [0.1, 0.15) is 0 Å². The Bertz CT molecular complexity index is 410. The number of hydrogen-bond acceptors (Lipinski definition) is 1. The Morgan fingerprint density at radius 3 is 2.15 bits per heavy atom. The molecule has 2 N–H and O–H groups in total. The monoisotopic (exact) mass is 297 g/mol. The van der Waals surface area contributed by atoms with Crippen molar-refractivity contribution in [2.45, 2.75) is 33.1 Å². The molecule has 4 heteroatoms. The van der Waals surface area contributed by atoms with Crippen LogP contribution in [0.2, 0.25) is 0 Å². The van der Waals surface area contributed by atoms with Crippen LogP contribution in [0.15, 0.2) is 29.3 Å². The average molecular weight is 298 g/mol. The van der Waals surface area contributed by atoms with Crippen molar-refractivity contribution < 1.29 is 0 Å². The summed E-state index contributed by atoms with van der Waals surface area (Å²) in [5.41, 5.74) is 8.52. The van der Waals surface area contributed by atoms with Crippen molar-refractivity contribution in [1.29, 1.82) is 0 Å². The number of nitrogens with two attached hydrogens (primary N) is 1. The molecule has 3 nitrogen and oxygen atoms in total. The first-order chi connectivity index (χ1) is 8.90. The van der Waals surface area contributed by atoms with Gasteiger partial charge in [0.25, 0.3) is 0 Å². The molecule has 0 bridgehead atoms. The van der Waals surface area contributed by atoms with Gasteiger partial charge in [0.2, 0.25) is 0 Å². The lowest BCUT2D eigenvalue weighted by Gasteiger charge is -2.14. The Balaban J connectivity index is 0.00000361. The van der Waals surface area contributed by atoms with E-state index in [0.717, 1.165) is 13.0 Å². The molecule has 0 fully saturated rings. The Morgan fingerprint density at radius 2 is 1.70 bits per heavy atom. The molecule has 20 heavy (non-hydrogen) atoms. The zero-order valence-electron chi connectivity index (χ0n) is 13.3. The molecule has 0 aliphatic rings. The standard InChI is InChI=1S/C16H27N3.ClH/c1-12(2)10-14-6-8-15(9-7-14)13(3)11-18-16(17)19(4)5;/h6-9,12-13H,10-11H2,1-5H3,(H2,17,18);1H. The first-order valence-corrected chi connectivity index (χ1v) is 6.96. The third-order valence-electron chi connectivity index (χ3n) is 3.18. The van der Waals surface area contributed by atoms with E-state index >= 15 is 0 Å². The fourth-order valence-corrected chi connectivity index (χ4v) is 1.93. The number of hydrogen-bond donors (Lipinski definition) is 1. The van der Waals surface area contributed by atoms with Gasteiger partial charge in [-0.1, -0.05) is 45.0 Å². The molecule has 0 aromatic heterocycles. The molecule has 1 aromatic rings. The smallest absolute Gasteiger partial charge is 0.190 e. The van der Waals surface area contributed by atoms with E-state index in [1.807, 2.05) is 19.0 Å². The van der Waals surface area contributed by atoms with E-state index in [0.29, 0.717) is 17.8 Å². The Kier molecular flexibility index (Phi) is 8.31. The predicted octanol–water partition coefficient (Wildman–Crippen LogP) is 3.29. The third kappa shape index (κ3) is 6.29. The fourth-order valence-electron chi connectivity index (χ4n) is 1.93. The maximum Gasteiger partial charge on any atom is 0.190 e. The maximum atomic E-state index is 5.80. The van der Waals surface area contributed by atoms with Gasteiger partial charge in [0.15, 0.2) is 5.96 Å². The van der Waals surface area contributed by atoms with Gasteiger partial charge in [0.05, 0.1) is 0 Å². The van der Waals surface area contributed by atoms with E-state index in [1.165, 1.54) is 11.1 Å². The van der Waals surface area contributed by atoms with E-state index in [-0.39, 0.29) is 12.4 Å². The summed E-state index contributed by atoms with van der Waals surface area (Å²) in [5.74, 6) is 1.68. The first kappa shape index (κ1) is 18.8. The van der Waals surface area contributed by atoms with Gasteiger partial charge < -0.3 is 10.6 Å². The fraction of sp³-hybridized carbons (Fsp3) is 0.562. The Labute approximate surface area is 129 Å². The number of halogens is 1. The van der Waals surface area contributed by atoms with Gasteiger partial charge in [-0.2, -0.15) is 0 Å². The molecule has 1 atom stereocenters. The van der Waals surface area contributed by atoms with Gasteiger partial charge in [-0.3, -0.25) is 4.99 Å². The Hall–Kier alpha value is -1.22. The normalized spacial score (nSPS) is 13.0. The minimum Gasteiger partial charge on any atom is -0.370 e. The molecule has 1 unspecified atom stereocenters. The summed E-state index contributed by atoms with van der Waals surface area (Å²) in [6.07, 6.45) is 1.14. The van der Waals surface area contributed by atoms with Gasteiger partial charge in [0, 0.05) is 26.6 Å². The Morgan fingerprint density at radius 1 is 1.15 bits per heavy atom. The second-order valence-corrected chi connectivity index (χ2v) is 5.83. The summed E-state index contributed by atoms with van der Waals surface area (Å²) < 4.78 is 0. The quantitative estimate of drug-likeness (QED) is 0.669. The number of aliphatic imine (C=N–C) groups is 1. The summed E-state index contributed by atoms with van der Waals surface area (Å²) in [4.78, 5) is 6.22. The van der Waals surface area contributed by atoms with Crippen molar-refractivity contribution in [3.63, 3.8) is 0 Å².